The highest BCUT2D eigenvalue weighted by atomic mass is 16.5. The van der Waals surface area contributed by atoms with E-state index in [1.165, 1.54) is 4.90 Å². The average Bonchev–Trinajstić information content (AvgIpc) is 3.02. The topological polar surface area (TPSA) is 46.6 Å². The molecule has 0 spiro atoms. The van der Waals surface area contributed by atoms with Crippen molar-refractivity contribution in [3.8, 4) is 0 Å². The maximum atomic E-state index is 13.4. The molecule has 1 saturated heterocycles. The van der Waals surface area contributed by atoms with Crippen LogP contribution in [-0.4, -0.2) is 36.5 Å². The number of nitrogens with zero attached hydrogens (tertiary/aromatic N) is 1. The van der Waals surface area contributed by atoms with Crippen LogP contribution in [0.4, 0.5) is 0 Å². The summed E-state index contributed by atoms with van der Waals surface area (Å²) in [5.74, 6) is -1.17. The van der Waals surface area contributed by atoms with E-state index < -0.39 is 0 Å². The third-order valence-corrected chi connectivity index (χ3v) is 5.85. The Morgan fingerprint density at radius 2 is 1.31 bits per heavy atom. The Kier molecular flexibility index (Phi) is 5.72. The van der Waals surface area contributed by atoms with Crippen molar-refractivity contribution in [1.82, 2.24) is 4.90 Å². The van der Waals surface area contributed by atoms with Gasteiger partial charge in [-0.15, -0.1) is 6.58 Å². The highest BCUT2D eigenvalue weighted by Crippen LogP contribution is 2.49. The van der Waals surface area contributed by atoms with Gasteiger partial charge in [0, 0.05) is 11.8 Å². The molecule has 1 aliphatic heterocycles. The Balaban J connectivity index is 1.69. The summed E-state index contributed by atoms with van der Waals surface area (Å²) in [6, 6.07) is 20.0. The molecular formula is C25H25NO3. The van der Waals surface area contributed by atoms with E-state index in [1.54, 1.807) is 6.08 Å². The number of carbonyl (C=O) groups is 2. The molecule has 2 aromatic carbocycles. The lowest BCUT2D eigenvalue weighted by atomic mass is 9.68. The van der Waals surface area contributed by atoms with Gasteiger partial charge in [-0.05, 0) is 11.1 Å². The Bertz CT molecular complexity index is 839. The lowest BCUT2D eigenvalue weighted by molar-refractivity contribution is -0.140. The van der Waals surface area contributed by atoms with Crippen molar-refractivity contribution >= 4 is 11.8 Å². The second-order valence-corrected chi connectivity index (χ2v) is 7.50. The summed E-state index contributed by atoms with van der Waals surface area (Å²) in [6.45, 7) is 4.63. The summed E-state index contributed by atoms with van der Waals surface area (Å²) in [5.41, 5.74) is 2.13. The molecule has 4 nitrogen and oxygen atoms in total. The first-order chi connectivity index (χ1) is 14.2. The minimum absolute atomic E-state index is 0.0960. The predicted molar refractivity (Wildman–Crippen MR) is 112 cm³/mol. The van der Waals surface area contributed by atoms with Gasteiger partial charge in [-0.3, -0.25) is 14.5 Å². The fraction of sp³-hybridized carbons (Fsp3) is 0.280. The summed E-state index contributed by atoms with van der Waals surface area (Å²) in [6.07, 6.45) is 5.88. The molecule has 148 valence electrons. The van der Waals surface area contributed by atoms with Gasteiger partial charge in [-0.2, -0.15) is 0 Å². The van der Waals surface area contributed by atoms with Gasteiger partial charge >= 0.3 is 0 Å². The van der Waals surface area contributed by atoms with E-state index >= 15 is 0 Å². The normalized spacial score (nSPS) is 25.9. The molecule has 1 aliphatic carbocycles. The Hall–Kier alpha value is -2.98. The van der Waals surface area contributed by atoms with Gasteiger partial charge in [0.2, 0.25) is 11.8 Å². The maximum absolute atomic E-state index is 13.4. The smallest absolute Gasteiger partial charge is 0.234 e. The van der Waals surface area contributed by atoms with Crippen molar-refractivity contribution in [2.75, 3.05) is 19.8 Å². The molecule has 1 heterocycles. The van der Waals surface area contributed by atoms with Crippen LogP contribution in [0.5, 0.6) is 0 Å². The lowest BCUT2D eigenvalue weighted by Gasteiger charge is -2.32. The molecule has 0 saturated carbocycles. The van der Waals surface area contributed by atoms with Crippen LogP contribution in [0, 0.1) is 11.8 Å². The third-order valence-electron chi connectivity index (χ3n) is 5.85. The van der Waals surface area contributed by atoms with Crippen molar-refractivity contribution in [2.24, 2.45) is 11.8 Å². The quantitative estimate of drug-likeness (QED) is 0.411. The number of carbonyl (C=O) groups excluding carboxylic acids is 2. The van der Waals surface area contributed by atoms with Crippen molar-refractivity contribution in [2.45, 2.75) is 11.8 Å². The van der Waals surface area contributed by atoms with Crippen LogP contribution in [0.25, 0.3) is 0 Å². The first kappa shape index (κ1) is 19.3. The first-order valence-electron chi connectivity index (χ1n) is 10.0. The highest BCUT2D eigenvalue weighted by molar-refractivity contribution is 6.06. The summed E-state index contributed by atoms with van der Waals surface area (Å²) < 4.78 is 5.44. The number of fused-ring (bicyclic) bond motifs is 1. The third kappa shape index (κ3) is 3.68. The second kappa shape index (κ2) is 8.58. The van der Waals surface area contributed by atoms with Crippen molar-refractivity contribution < 1.29 is 14.3 Å². The first-order valence-corrected chi connectivity index (χ1v) is 10.0. The van der Waals surface area contributed by atoms with Crippen LogP contribution in [0.2, 0.25) is 0 Å². The standard InChI is InChI=1S/C25H25NO3/c1-2-16-29-17-15-26-24(27)22-20(18-9-5-3-6-10-18)13-14-21(23(22)25(26)28)19-11-7-4-8-12-19/h2-14,20-23H,1,15-17H2/t20-,21-,22-,23-/m1/s1. The highest BCUT2D eigenvalue weighted by Gasteiger charge is 2.54. The van der Waals surface area contributed by atoms with Gasteiger partial charge in [0.15, 0.2) is 0 Å². The SMILES string of the molecule is C=CCOCCN1C(=O)[C@H]2[C@H](C1=O)[C@@H](c1ccccc1)C=C[C@@H]2c1ccccc1. The van der Waals surface area contributed by atoms with Gasteiger partial charge in [0.25, 0.3) is 0 Å². The Morgan fingerprint density at radius 3 is 1.76 bits per heavy atom. The van der Waals surface area contributed by atoms with E-state index in [9.17, 15) is 9.59 Å². The molecule has 4 heteroatoms. The zero-order valence-electron chi connectivity index (χ0n) is 16.3. The number of benzene rings is 2. The number of imide groups is 1. The van der Waals surface area contributed by atoms with Crippen LogP contribution in [-0.2, 0) is 14.3 Å². The average molecular weight is 387 g/mol. The number of hydrogen-bond acceptors (Lipinski definition) is 3. The summed E-state index contributed by atoms with van der Waals surface area (Å²) in [7, 11) is 0. The molecule has 4 atom stereocenters. The molecule has 0 aromatic heterocycles. The molecule has 0 radical (unpaired) electrons. The summed E-state index contributed by atoms with van der Waals surface area (Å²) in [5, 5.41) is 0. The molecular weight excluding hydrogens is 362 g/mol. The van der Waals surface area contributed by atoms with Gasteiger partial charge < -0.3 is 4.74 Å². The van der Waals surface area contributed by atoms with E-state index in [1.807, 2.05) is 60.7 Å². The van der Waals surface area contributed by atoms with E-state index in [0.717, 1.165) is 11.1 Å². The Labute approximate surface area is 171 Å². The van der Waals surface area contributed by atoms with E-state index in [-0.39, 0.29) is 42.0 Å². The Morgan fingerprint density at radius 1 is 0.828 bits per heavy atom. The minimum atomic E-state index is -0.389. The van der Waals surface area contributed by atoms with Gasteiger partial charge in [-0.25, -0.2) is 0 Å². The molecule has 2 amide bonds. The molecule has 2 aliphatic rings. The van der Waals surface area contributed by atoms with Crippen LogP contribution < -0.4 is 0 Å². The number of likely N-dealkylation sites (tertiary alicyclic amines) is 1. The van der Waals surface area contributed by atoms with Crippen LogP contribution in [0.3, 0.4) is 0 Å². The number of hydrogen-bond donors (Lipinski definition) is 0. The van der Waals surface area contributed by atoms with Gasteiger partial charge in [0.1, 0.15) is 0 Å². The predicted octanol–water partition coefficient (Wildman–Crippen LogP) is 3.93. The molecule has 1 fully saturated rings. The fourth-order valence-electron chi connectivity index (χ4n) is 4.54. The molecule has 0 N–H and O–H groups in total. The largest absolute Gasteiger partial charge is 0.376 e. The number of allylic oxidation sites excluding steroid dienone is 2. The van der Waals surface area contributed by atoms with Gasteiger partial charge in [0.05, 0.1) is 31.6 Å². The monoisotopic (exact) mass is 387 g/mol. The second-order valence-electron chi connectivity index (χ2n) is 7.50. The molecule has 0 unspecified atom stereocenters. The molecule has 4 rings (SSSR count). The zero-order chi connectivity index (χ0) is 20.2. The summed E-state index contributed by atoms with van der Waals surface area (Å²) >= 11 is 0. The van der Waals surface area contributed by atoms with Crippen molar-refractivity contribution in [3.05, 3.63) is 96.6 Å². The van der Waals surface area contributed by atoms with Crippen molar-refractivity contribution in [1.29, 1.82) is 0 Å². The molecule has 29 heavy (non-hydrogen) atoms. The van der Waals surface area contributed by atoms with Crippen LogP contribution >= 0.6 is 0 Å². The number of amides is 2. The molecule has 2 aromatic rings. The maximum Gasteiger partial charge on any atom is 0.234 e. The molecule has 0 bridgehead atoms. The zero-order valence-corrected chi connectivity index (χ0v) is 16.3. The lowest BCUT2D eigenvalue weighted by Crippen LogP contribution is -2.34. The van der Waals surface area contributed by atoms with Gasteiger partial charge in [-0.1, -0.05) is 78.9 Å². The van der Waals surface area contributed by atoms with E-state index in [2.05, 4.69) is 18.7 Å². The number of rotatable bonds is 7. The van der Waals surface area contributed by atoms with Crippen molar-refractivity contribution in [3.63, 3.8) is 0 Å². The fourth-order valence-corrected chi connectivity index (χ4v) is 4.54. The minimum Gasteiger partial charge on any atom is -0.376 e. The van der Waals surface area contributed by atoms with Crippen LogP contribution in [0.1, 0.15) is 23.0 Å². The number of ether oxygens (including phenoxy) is 1. The van der Waals surface area contributed by atoms with E-state index in [4.69, 9.17) is 4.74 Å². The summed E-state index contributed by atoms with van der Waals surface area (Å²) in [4.78, 5) is 28.1. The van der Waals surface area contributed by atoms with Crippen LogP contribution in [0.15, 0.2) is 85.5 Å². The van der Waals surface area contributed by atoms with E-state index in [0.29, 0.717) is 13.2 Å².